The van der Waals surface area contributed by atoms with Gasteiger partial charge in [-0.25, -0.2) is 0 Å². The summed E-state index contributed by atoms with van der Waals surface area (Å²) in [4.78, 5) is 11.5. The van der Waals surface area contributed by atoms with Crippen molar-refractivity contribution in [1.82, 2.24) is 10.2 Å². The van der Waals surface area contributed by atoms with E-state index in [1.165, 1.54) is 5.57 Å². The van der Waals surface area contributed by atoms with Gasteiger partial charge in [0.25, 0.3) is 0 Å². The third kappa shape index (κ3) is 1.23. The molecule has 0 radical (unpaired) electrons. The van der Waals surface area contributed by atoms with Crippen molar-refractivity contribution in [3.8, 4) is 0 Å². The minimum absolute atomic E-state index is 0.0653. The molecule has 16 heavy (non-hydrogen) atoms. The molecule has 1 aromatic heterocycles. The summed E-state index contributed by atoms with van der Waals surface area (Å²) in [6.45, 7) is 2.11. The Morgan fingerprint density at radius 3 is 3.00 bits per heavy atom. The summed E-state index contributed by atoms with van der Waals surface area (Å²) < 4.78 is 0. The zero-order valence-corrected chi connectivity index (χ0v) is 9.08. The molecule has 1 aliphatic carbocycles. The van der Waals surface area contributed by atoms with Crippen LogP contribution in [0.2, 0.25) is 0 Å². The number of anilines is 1. The van der Waals surface area contributed by atoms with Crippen molar-refractivity contribution in [3.63, 3.8) is 0 Å². The van der Waals surface area contributed by atoms with E-state index in [-0.39, 0.29) is 11.8 Å². The number of hydrogen-bond donors (Lipinski definition) is 2. The average molecular weight is 215 g/mol. The minimum Gasteiger partial charge on any atom is -0.309 e. The van der Waals surface area contributed by atoms with E-state index in [2.05, 4.69) is 34.6 Å². The van der Waals surface area contributed by atoms with Crippen LogP contribution in [0.15, 0.2) is 18.2 Å². The second-order valence-electron chi connectivity index (χ2n) is 4.20. The molecule has 0 fully saturated rings. The van der Waals surface area contributed by atoms with Crippen LogP contribution in [0, 0.1) is 0 Å². The van der Waals surface area contributed by atoms with E-state index in [1.54, 1.807) is 0 Å². The van der Waals surface area contributed by atoms with Crippen molar-refractivity contribution < 1.29 is 4.79 Å². The number of nitrogens with zero attached hydrogens (tertiary/aromatic N) is 1. The number of amides is 1. The molecule has 1 amide bonds. The maximum absolute atomic E-state index is 11.5. The monoisotopic (exact) mass is 215 g/mol. The Labute approximate surface area is 93.4 Å². The zero-order valence-electron chi connectivity index (χ0n) is 9.08. The van der Waals surface area contributed by atoms with Crippen molar-refractivity contribution in [2.75, 3.05) is 5.32 Å². The van der Waals surface area contributed by atoms with Crippen molar-refractivity contribution in [2.24, 2.45) is 0 Å². The lowest BCUT2D eigenvalue weighted by Crippen LogP contribution is -2.22. The van der Waals surface area contributed by atoms with Crippen LogP contribution in [0.3, 0.4) is 0 Å². The largest absolute Gasteiger partial charge is 0.309 e. The Morgan fingerprint density at radius 2 is 2.38 bits per heavy atom. The Morgan fingerprint density at radius 1 is 1.56 bits per heavy atom. The minimum atomic E-state index is 0.0653. The standard InChI is InChI=1S/C12H13N3O/c1-2-7-6-9(16)13-12-10(7)11(14-15-12)8-4-3-5-8/h3-5,7H,2,6H2,1H3,(H2,13,14,15,16). The van der Waals surface area contributed by atoms with Crippen molar-refractivity contribution in [2.45, 2.75) is 25.7 Å². The third-order valence-electron chi connectivity index (χ3n) is 3.23. The fraction of sp³-hybridized carbons (Fsp3) is 0.333. The summed E-state index contributed by atoms with van der Waals surface area (Å²) in [7, 11) is 0. The number of aromatic amines is 1. The van der Waals surface area contributed by atoms with E-state index in [0.29, 0.717) is 12.2 Å². The summed E-state index contributed by atoms with van der Waals surface area (Å²) >= 11 is 0. The fourth-order valence-electron chi connectivity index (χ4n) is 2.28. The highest BCUT2D eigenvalue weighted by Crippen LogP contribution is 2.39. The van der Waals surface area contributed by atoms with Gasteiger partial charge in [0.05, 0.1) is 5.69 Å². The Kier molecular flexibility index (Phi) is 1.96. The molecular weight excluding hydrogens is 202 g/mol. The Balaban J connectivity index is 2.07. The molecule has 0 saturated heterocycles. The smallest absolute Gasteiger partial charge is 0.226 e. The molecule has 0 saturated carbocycles. The molecule has 3 rings (SSSR count). The topological polar surface area (TPSA) is 57.8 Å². The van der Waals surface area contributed by atoms with Crippen LogP contribution in [0.5, 0.6) is 0 Å². The zero-order chi connectivity index (χ0) is 11.1. The van der Waals surface area contributed by atoms with E-state index < -0.39 is 0 Å². The van der Waals surface area contributed by atoms with Gasteiger partial charge in [0.1, 0.15) is 0 Å². The normalized spacial score (nSPS) is 22.2. The van der Waals surface area contributed by atoms with E-state index >= 15 is 0 Å². The number of H-pyrrole nitrogens is 1. The molecule has 82 valence electrons. The predicted octanol–water partition coefficient (Wildman–Crippen LogP) is 2.20. The maximum Gasteiger partial charge on any atom is 0.226 e. The molecule has 0 aromatic carbocycles. The molecule has 1 unspecified atom stereocenters. The number of hydrogen-bond acceptors (Lipinski definition) is 2. The molecule has 4 heteroatoms. The second-order valence-corrected chi connectivity index (χ2v) is 4.20. The fourth-order valence-corrected chi connectivity index (χ4v) is 2.28. The highest BCUT2D eigenvalue weighted by molar-refractivity contribution is 5.95. The van der Waals surface area contributed by atoms with Crippen molar-refractivity contribution >= 4 is 17.3 Å². The highest BCUT2D eigenvalue weighted by atomic mass is 16.1. The molecule has 4 nitrogen and oxygen atoms in total. The summed E-state index contributed by atoms with van der Waals surface area (Å²) in [6.07, 6.45) is 7.63. The number of carbonyl (C=O) groups excluding carboxylic acids is 1. The van der Waals surface area contributed by atoms with Crippen LogP contribution in [0.1, 0.15) is 36.9 Å². The SMILES string of the molecule is CCC1CC(=O)Nc2n[nH]c(C3=CC=C3)c21. The molecule has 0 spiro atoms. The summed E-state index contributed by atoms with van der Waals surface area (Å²) in [5.41, 5.74) is 3.39. The van der Waals surface area contributed by atoms with Crippen molar-refractivity contribution in [3.05, 3.63) is 29.5 Å². The van der Waals surface area contributed by atoms with Gasteiger partial charge >= 0.3 is 0 Å². The number of rotatable bonds is 2. The summed E-state index contributed by atoms with van der Waals surface area (Å²) in [5, 5.41) is 10.0. The number of fused-ring (bicyclic) bond motifs is 1. The van der Waals surface area contributed by atoms with Gasteiger partial charge in [0.15, 0.2) is 5.82 Å². The van der Waals surface area contributed by atoms with Crippen LogP contribution in [-0.4, -0.2) is 16.1 Å². The van der Waals surface area contributed by atoms with Crippen LogP contribution in [-0.2, 0) is 4.79 Å². The first-order chi connectivity index (χ1) is 7.79. The lowest BCUT2D eigenvalue weighted by atomic mass is 9.87. The van der Waals surface area contributed by atoms with Gasteiger partial charge in [0.2, 0.25) is 5.91 Å². The van der Waals surface area contributed by atoms with Gasteiger partial charge in [-0.1, -0.05) is 25.2 Å². The van der Waals surface area contributed by atoms with Crippen molar-refractivity contribution in [1.29, 1.82) is 0 Å². The van der Waals surface area contributed by atoms with E-state index in [4.69, 9.17) is 0 Å². The van der Waals surface area contributed by atoms with Crippen LogP contribution in [0.25, 0.3) is 5.57 Å². The van der Waals surface area contributed by atoms with Gasteiger partial charge < -0.3 is 5.32 Å². The van der Waals surface area contributed by atoms with Crippen LogP contribution in [0.4, 0.5) is 5.82 Å². The second kappa shape index (κ2) is 3.33. The number of nitrogens with one attached hydrogen (secondary N) is 2. The Bertz CT molecular complexity index is 510. The molecule has 2 N–H and O–H groups in total. The average Bonchev–Trinajstić information content (AvgIpc) is 2.58. The van der Waals surface area contributed by atoms with Gasteiger partial charge in [-0.05, 0) is 17.9 Å². The third-order valence-corrected chi connectivity index (χ3v) is 3.23. The number of aromatic nitrogens is 2. The van der Waals surface area contributed by atoms with Crippen LogP contribution >= 0.6 is 0 Å². The molecule has 2 heterocycles. The van der Waals surface area contributed by atoms with Gasteiger partial charge in [-0.15, -0.1) is 0 Å². The molecular formula is C12H13N3O. The molecule has 0 bridgehead atoms. The lowest BCUT2D eigenvalue weighted by molar-refractivity contribution is -0.116. The quantitative estimate of drug-likeness (QED) is 0.794. The highest BCUT2D eigenvalue weighted by Gasteiger charge is 2.30. The first-order valence-electron chi connectivity index (χ1n) is 5.56. The number of carbonyl (C=O) groups is 1. The lowest BCUT2D eigenvalue weighted by Gasteiger charge is -2.22. The van der Waals surface area contributed by atoms with Gasteiger partial charge in [-0.2, -0.15) is 5.10 Å². The van der Waals surface area contributed by atoms with E-state index in [0.717, 1.165) is 17.7 Å². The van der Waals surface area contributed by atoms with Gasteiger partial charge in [0, 0.05) is 12.0 Å². The van der Waals surface area contributed by atoms with Crippen LogP contribution < -0.4 is 5.32 Å². The molecule has 1 aromatic rings. The maximum atomic E-state index is 11.5. The number of allylic oxidation sites excluding steroid dienone is 4. The molecule has 1 aliphatic heterocycles. The molecule has 1 atom stereocenters. The summed E-state index contributed by atoms with van der Waals surface area (Å²) in [5.74, 6) is 1.06. The van der Waals surface area contributed by atoms with E-state index in [9.17, 15) is 4.79 Å². The Hall–Kier alpha value is -1.84. The van der Waals surface area contributed by atoms with E-state index in [1.807, 2.05) is 6.08 Å². The first kappa shape index (κ1) is 9.39. The predicted molar refractivity (Wildman–Crippen MR) is 62.0 cm³/mol. The summed E-state index contributed by atoms with van der Waals surface area (Å²) in [6, 6.07) is 0. The van der Waals surface area contributed by atoms with Gasteiger partial charge in [-0.3, -0.25) is 9.89 Å². The molecule has 2 aliphatic rings. The first-order valence-corrected chi connectivity index (χ1v) is 5.56.